The van der Waals surface area contributed by atoms with E-state index in [2.05, 4.69) is 0 Å². The molecule has 7 nitrogen and oxygen atoms in total. The van der Waals surface area contributed by atoms with Crippen molar-refractivity contribution in [2.24, 2.45) is 0 Å². The molecule has 158 valence electrons. The predicted octanol–water partition coefficient (Wildman–Crippen LogP) is 2.86. The van der Waals surface area contributed by atoms with E-state index < -0.39 is 12.1 Å². The van der Waals surface area contributed by atoms with Gasteiger partial charge in [0.05, 0.1) is 27.4 Å². The summed E-state index contributed by atoms with van der Waals surface area (Å²) in [5, 5.41) is 0. The molecule has 2 aromatic rings. The minimum absolute atomic E-state index is 0.256. The van der Waals surface area contributed by atoms with Crippen LogP contribution in [0.15, 0.2) is 54.6 Å². The number of benzene rings is 2. The van der Waals surface area contributed by atoms with E-state index in [4.69, 9.17) is 18.9 Å². The molecule has 1 fully saturated rings. The Morgan fingerprint density at radius 1 is 1.03 bits per heavy atom. The number of hydrogen-bond donors (Lipinski definition) is 0. The molecule has 1 amide bonds. The smallest absolute Gasteiger partial charge is 0.331 e. The number of hydrogen-bond acceptors (Lipinski definition) is 6. The van der Waals surface area contributed by atoms with Crippen LogP contribution in [0.5, 0.6) is 11.5 Å². The highest BCUT2D eigenvalue weighted by Gasteiger charge is 2.30. The molecule has 0 aliphatic carbocycles. The standard InChI is InChI=1S/C23H25NO6/c1-27-19-10-8-17(20(16-19)28-2)9-11-21(25)30-22(18-6-4-3-5-7-18)23(26)24-12-14-29-15-13-24/h3-11,16,22H,12-15H2,1-2H3/b11-9+/t22-/m0/s1. The van der Waals surface area contributed by atoms with Gasteiger partial charge in [0.25, 0.3) is 5.91 Å². The first-order chi connectivity index (χ1) is 14.6. The molecule has 0 saturated carbocycles. The molecule has 1 aliphatic heterocycles. The van der Waals surface area contributed by atoms with Gasteiger partial charge in [0.2, 0.25) is 6.10 Å². The van der Waals surface area contributed by atoms with Crippen LogP contribution in [0, 0.1) is 0 Å². The summed E-state index contributed by atoms with van der Waals surface area (Å²) >= 11 is 0. The van der Waals surface area contributed by atoms with Crippen molar-refractivity contribution >= 4 is 18.0 Å². The maximum Gasteiger partial charge on any atom is 0.331 e. The van der Waals surface area contributed by atoms with Crippen LogP contribution in [0.2, 0.25) is 0 Å². The van der Waals surface area contributed by atoms with Gasteiger partial charge in [-0.1, -0.05) is 30.3 Å². The summed E-state index contributed by atoms with van der Waals surface area (Å²) in [6.45, 7) is 1.88. The topological polar surface area (TPSA) is 74.3 Å². The summed E-state index contributed by atoms with van der Waals surface area (Å²) in [5.41, 5.74) is 1.31. The first-order valence-electron chi connectivity index (χ1n) is 9.64. The van der Waals surface area contributed by atoms with Gasteiger partial charge in [0.1, 0.15) is 11.5 Å². The van der Waals surface area contributed by atoms with Crippen molar-refractivity contribution in [1.82, 2.24) is 4.90 Å². The lowest BCUT2D eigenvalue weighted by atomic mass is 10.1. The lowest BCUT2D eigenvalue weighted by Gasteiger charge is -2.30. The van der Waals surface area contributed by atoms with Crippen molar-refractivity contribution in [3.8, 4) is 11.5 Å². The Morgan fingerprint density at radius 2 is 1.77 bits per heavy atom. The second-order valence-corrected chi connectivity index (χ2v) is 6.61. The molecule has 1 aliphatic rings. The van der Waals surface area contributed by atoms with E-state index in [1.54, 1.807) is 60.6 Å². The van der Waals surface area contributed by atoms with Crippen LogP contribution in [0.1, 0.15) is 17.2 Å². The molecule has 1 atom stereocenters. The largest absolute Gasteiger partial charge is 0.497 e. The fourth-order valence-corrected chi connectivity index (χ4v) is 3.11. The van der Waals surface area contributed by atoms with Gasteiger partial charge in [-0.05, 0) is 18.2 Å². The Morgan fingerprint density at radius 3 is 2.43 bits per heavy atom. The molecule has 30 heavy (non-hydrogen) atoms. The van der Waals surface area contributed by atoms with Crippen molar-refractivity contribution < 1.29 is 28.5 Å². The highest BCUT2D eigenvalue weighted by molar-refractivity contribution is 5.91. The van der Waals surface area contributed by atoms with Gasteiger partial charge in [-0.15, -0.1) is 0 Å². The molecule has 0 unspecified atom stereocenters. The Kier molecular flexibility index (Phi) is 7.45. The zero-order chi connectivity index (χ0) is 21.3. The Bertz CT molecular complexity index is 890. The third kappa shape index (κ3) is 5.39. The Balaban J connectivity index is 1.76. The second kappa shape index (κ2) is 10.5. The first-order valence-corrected chi connectivity index (χ1v) is 9.64. The molecular weight excluding hydrogens is 386 g/mol. The van der Waals surface area contributed by atoms with Crippen LogP contribution in [0.3, 0.4) is 0 Å². The maximum atomic E-state index is 13.0. The predicted molar refractivity (Wildman–Crippen MR) is 111 cm³/mol. The highest BCUT2D eigenvalue weighted by atomic mass is 16.5. The van der Waals surface area contributed by atoms with E-state index in [1.165, 1.54) is 13.2 Å². The number of ether oxygens (including phenoxy) is 4. The van der Waals surface area contributed by atoms with Gasteiger partial charge in [-0.25, -0.2) is 4.79 Å². The summed E-state index contributed by atoms with van der Waals surface area (Å²) in [6.07, 6.45) is 1.86. The third-order valence-electron chi connectivity index (χ3n) is 4.72. The van der Waals surface area contributed by atoms with Crippen molar-refractivity contribution in [3.63, 3.8) is 0 Å². The lowest BCUT2D eigenvalue weighted by molar-refractivity contribution is -0.159. The summed E-state index contributed by atoms with van der Waals surface area (Å²) < 4.78 is 21.4. The SMILES string of the molecule is COc1ccc(/C=C/C(=O)O[C@H](C(=O)N2CCOCC2)c2ccccc2)c(OC)c1. The van der Waals surface area contributed by atoms with E-state index in [-0.39, 0.29) is 5.91 Å². The summed E-state index contributed by atoms with van der Waals surface area (Å²) in [6, 6.07) is 14.3. The Hall–Kier alpha value is -3.32. The van der Waals surface area contributed by atoms with Gasteiger partial charge in [0, 0.05) is 36.4 Å². The maximum absolute atomic E-state index is 13.0. The number of methoxy groups -OCH3 is 2. The van der Waals surface area contributed by atoms with Crippen LogP contribution < -0.4 is 9.47 Å². The quantitative estimate of drug-likeness (QED) is 0.515. The fourth-order valence-electron chi connectivity index (χ4n) is 3.11. The average Bonchev–Trinajstić information content (AvgIpc) is 2.81. The molecule has 0 bridgehead atoms. The van der Waals surface area contributed by atoms with E-state index in [0.29, 0.717) is 48.9 Å². The second-order valence-electron chi connectivity index (χ2n) is 6.61. The normalized spacial score (nSPS) is 14.9. The highest BCUT2D eigenvalue weighted by Crippen LogP contribution is 2.26. The Labute approximate surface area is 175 Å². The number of carbonyl (C=O) groups is 2. The molecule has 1 saturated heterocycles. The number of carbonyl (C=O) groups excluding carboxylic acids is 2. The van der Waals surface area contributed by atoms with Gasteiger partial charge in [-0.3, -0.25) is 4.79 Å². The number of nitrogens with zero attached hydrogens (tertiary/aromatic N) is 1. The molecular formula is C23H25NO6. The summed E-state index contributed by atoms with van der Waals surface area (Å²) in [4.78, 5) is 27.2. The molecule has 1 heterocycles. The third-order valence-corrected chi connectivity index (χ3v) is 4.72. The monoisotopic (exact) mass is 411 g/mol. The van der Waals surface area contributed by atoms with E-state index in [9.17, 15) is 9.59 Å². The van der Waals surface area contributed by atoms with Crippen LogP contribution in [0.4, 0.5) is 0 Å². The minimum Gasteiger partial charge on any atom is -0.497 e. The zero-order valence-electron chi connectivity index (χ0n) is 17.1. The average molecular weight is 411 g/mol. The van der Waals surface area contributed by atoms with Crippen molar-refractivity contribution in [3.05, 3.63) is 65.7 Å². The van der Waals surface area contributed by atoms with Crippen LogP contribution >= 0.6 is 0 Å². The van der Waals surface area contributed by atoms with Crippen molar-refractivity contribution in [1.29, 1.82) is 0 Å². The molecule has 0 spiro atoms. The molecule has 2 aromatic carbocycles. The first kappa shape index (κ1) is 21.4. The van der Waals surface area contributed by atoms with Gasteiger partial charge in [0.15, 0.2) is 0 Å². The summed E-state index contributed by atoms with van der Waals surface area (Å²) in [5.74, 6) is 0.325. The molecule has 7 heteroatoms. The van der Waals surface area contributed by atoms with Gasteiger partial charge < -0.3 is 23.8 Å². The fraction of sp³-hybridized carbons (Fsp3) is 0.304. The van der Waals surface area contributed by atoms with Crippen LogP contribution in [-0.2, 0) is 19.1 Å². The minimum atomic E-state index is -1.01. The van der Waals surface area contributed by atoms with E-state index in [0.717, 1.165) is 0 Å². The molecule has 3 rings (SSSR count). The van der Waals surface area contributed by atoms with E-state index >= 15 is 0 Å². The van der Waals surface area contributed by atoms with Gasteiger partial charge in [-0.2, -0.15) is 0 Å². The van der Waals surface area contributed by atoms with Crippen molar-refractivity contribution in [2.75, 3.05) is 40.5 Å². The lowest BCUT2D eigenvalue weighted by Crippen LogP contribution is -2.44. The number of rotatable bonds is 7. The zero-order valence-corrected chi connectivity index (χ0v) is 17.1. The van der Waals surface area contributed by atoms with Crippen molar-refractivity contribution in [2.45, 2.75) is 6.10 Å². The number of esters is 1. The number of morpholine rings is 1. The molecule has 0 N–H and O–H groups in total. The molecule has 0 radical (unpaired) electrons. The van der Waals surface area contributed by atoms with Gasteiger partial charge >= 0.3 is 5.97 Å². The summed E-state index contributed by atoms with van der Waals surface area (Å²) in [7, 11) is 3.10. The van der Waals surface area contributed by atoms with E-state index in [1.807, 2.05) is 6.07 Å². The molecule has 0 aromatic heterocycles. The van der Waals surface area contributed by atoms with Crippen LogP contribution in [0.25, 0.3) is 6.08 Å². The number of amides is 1. The van der Waals surface area contributed by atoms with Crippen LogP contribution in [-0.4, -0.2) is 57.3 Å².